The van der Waals surface area contributed by atoms with E-state index in [1.807, 2.05) is 24.4 Å². The lowest BCUT2D eigenvalue weighted by Gasteiger charge is -2.21. The number of para-hydroxylation sites is 1. The van der Waals surface area contributed by atoms with Crippen molar-refractivity contribution in [1.29, 1.82) is 0 Å². The normalized spacial score (nSPS) is 17.6. The van der Waals surface area contributed by atoms with Crippen molar-refractivity contribution >= 4 is 33.2 Å². The summed E-state index contributed by atoms with van der Waals surface area (Å²) in [5.41, 5.74) is 4.30. The third-order valence-electron chi connectivity index (χ3n) is 7.08. The van der Waals surface area contributed by atoms with Gasteiger partial charge in [-0.3, -0.25) is 4.90 Å². The van der Waals surface area contributed by atoms with E-state index in [1.54, 1.807) is 17.5 Å². The van der Waals surface area contributed by atoms with Crippen molar-refractivity contribution in [2.45, 2.75) is 25.6 Å². The average molecular weight is 559 g/mol. The van der Waals surface area contributed by atoms with Crippen LogP contribution in [0.5, 0.6) is 11.5 Å². The van der Waals surface area contributed by atoms with Gasteiger partial charge in [0.15, 0.2) is 11.5 Å². The maximum absolute atomic E-state index is 6.48. The number of fused-ring (bicyclic) bond motifs is 2. The molecule has 5 aromatic rings. The molecule has 2 aliphatic heterocycles. The first-order valence-electron chi connectivity index (χ1n) is 13.1. The molecule has 1 atom stereocenters. The molecule has 3 aromatic heterocycles. The highest BCUT2D eigenvalue weighted by Gasteiger charge is 2.26. The molecule has 9 heteroatoms. The second-order valence-electron chi connectivity index (χ2n) is 9.82. The third-order valence-corrected chi connectivity index (χ3v) is 8.39. The Morgan fingerprint density at radius 3 is 2.87 bits per heavy atom. The topological polar surface area (TPSA) is 61.6 Å². The van der Waals surface area contributed by atoms with E-state index >= 15 is 0 Å². The fraction of sp³-hybridized carbons (Fsp3) is 0.267. The number of benzene rings is 2. The standard InChI is InChI=1S/C30H27ClN4O3S/c31-22-7-8-28(32-16-22)35-10-3-4-23(35)18-34-11-13-37-29-21(17-34)14-20(15-26(29)38-24-9-12-36-19-24)30-33-25-5-1-2-6-27(25)39-30/h1-8,10,14-16,24H,9,11-13,17-19H2. The van der Waals surface area contributed by atoms with Gasteiger partial charge < -0.3 is 18.8 Å². The van der Waals surface area contributed by atoms with Crippen LogP contribution in [0, 0.1) is 0 Å². The number of nitrogens with zero attached hydrogens (tertiary/aromatic N) is 4. The lowest BCUT2D eigenvalue weighted by Crippen LogP contribution is -2.26. The van der Waals surface area contributed by atoms with Crippen LogP contribution < -0.4 is 9.47 Å². The Bertz CT molecular complexity index is 1580. The molecule has 1 unspecified atom stereocenters. The Kier molecular flexibility index (Phi) is 6.70. The summed E-state index contributed by atoms with van der Waals surface area (Å²) in [4.78, 5) is 11.8. The van der Waals surface area contributed by atoms with Gasteiger partial charge in [0.1, 0.15) is 23.5 Å². The minimum atomic E-state index is 0.0258. The molecule has 0 saturated carbocycles. The predicted octanol–water partition coefficient (Wildman–Crippen LogP) is 6.36. The molecule has 0 amide bonds. The van der Waals surface area contributed by atoms with E-state index in [0.717, 1.165) is 77.3 Å². The van der Waals surface area contributed by atoms with Crippen molar-refractivity contribution < 1.29 is 14.2 Å². The van der Waals surface area contributed by atoms with Crippen molar-refractivity contribution in [2.24, 2.45) is 0 Å². The molecule has 1 fully saturated rings. The van der Waals surface area contributed by atoms with Crippen molar-refractivity contribution in [2.75, 3.05) is 26.4 Å². The van der Waals surface area contributed by atoms with Crippen LogP contribution in [0.15, 0.2) is 73.1 Å². The van der Waals surface area contributed by atoms with Gasteiger partial charge in [0.05, 0.1) is 28.5 Å². The first-order valence-corrected chi connectivity index (χ1v) is 14.3. The summed E-state index contributed by atoms with van der Waals surface area (Å²) in [5.74, 6) is 2.44. The quantitative estimate of drug-likeness (QED) is 0.241. The number of halogens is 1. The largest absolute Gasteiger partial charge is 0.488 e. The van der Waals surface area contributed by atoms with Crippen molar-refractivity contribution in [1.82, 2.24) is 19.4 Å². The monoisotopic (exact) mass is 558 g/mol. The molecular formula is C30H27ClN4O3S. The van der Waals surface area contributed by atoms with Gasteiger partial charge in [-0.25, -0.2) is 9.97 Å². The Labute approximate surface area is 235 Å². The highest BCUT2D eigenvalue weighted by atomic mass is 35.5. The summed E-state index contributed by atoms with van der Waals surface area (Å²) in [6, 6.07) is 20.5. The highest BCUT2D eigenvalue weighted by Crippen LogP contribution is 2.41. The van der Waals surface area contributed by atoms with Gasteiger partial charge >= 0.3 is 0 Å². The number of thiazole rings is 1. The van der Waals surface area contributed by atoms with E-state index in [-0.39, 0.29) is 6.10 Å². The minimum absolute atomic E-state index is 0.0258. The molecule has 198 valence electrons. The Balaban J connectivity index is 1.22. The first kappa shape index (κ1) is 24.6. The highest BCUT2D eigenvalue weighted by molar-refractivity contribution is 7.21. The van der Waals surface area contributed by atoms with Crippen LogP contribution in [0.25, 0.3) is 26.6 Å². The lowest BCUT2D eigenvalue weighted by molar-refractivity contribution is 0.137. The van der Waals surface area contributed by atoms with Crippen molar-refractivity contribution in [3.8, 4) is 27.9 Å². The molecule has 1 saturated heterocycles. The fourth-order valence-corrected chi connectivity index (χ4v) is 6.24. The molecule has 39 heavy (non-hydrogen) atoms. The molecule has 0 radical (unpaired) electrons. The summed E-state index contributed by atoms with van der Waals surface area (Å²) in [6.07, 6.45) is 4.62. The number of pyridine rings is 1. The van der Waals surface area contributed by atoms with E-state index in [4.69, 9.17) is 30.8 Å². The van der Waals surface area contributed by atoms with E-state index in [2.05, 4.69) is 56.9 Å². The van der Waals surface area contributed by atoms with Crippen LogP contribution in [0.3, 0.4) is 0 Å². The van der Waals surface area contributed by atoms with Gasteiger partial charge in [0, 0.05) is 55.3 Å². The van der Waals surface area contributed by atoms with E-state index in [1.165, 1.54) is 4.70 Å². The van der Waals surface area contributed by atoms with Crippen LogP contribution in [-0.4, -0.2) is 51.9 Å². The van der Waals surface area contributed by atoms with Gasteiger partial charge in [-0.1, -0.05) is 23.7 Å². The van der Waals surface area contributed by atoms with Gasteiger partial charge in [-0.05, 0) is 48.5 Å². The van der Waals surface area contributed by atoms with Crippen LogP contribution in [0.4, 0.5) is 0 Å². The summed E-state index contributed by atoms with van der Waals surface area (Å²) >= 11 is 7.76. The van der Waals surface area contributed by atoms with Gasteiger partial charge in [0.25, 0.3) is 0 Å². The number of aromatic nitrogens is 3. The Morgan fingerprint density at radius 1 is 1.08 bits per heavy atom. The van der Waals surface area contributed by atoms with Gasteiger partial charge in [-0.15, -0.1) is 11.3 Å². The van der Waals surface area contributed by atoms with Crippen LogP contribution in [0.2, 0.25) is 5.02 Å². The summed E-state index contributed by atoms with van der Waals surface area (Å²) in [5, 5.41) is 1.60. The second kappa shape index (κ2) is 10.6. The number of ether oxygens (including phenoxy) is 3. The van der Waals surface area contributed by atoms with E-state index in [9.17, 15) is 0 Å². The molecule has 7 nitrogen and oxygen atoms in total. The predicted molar refractivity (Wildman–Crippen MR) is 153 cm³/mol. The molecule has 0 bridgehead atoms. The summed E-state index contributed by atoms with van der Waals surface area (Å²) in [6.45, 7) is 4.16. The van der Waals surface area contributed by atoms with Crippen LogP contribution in [0.1, 0.15) is 17.7 Å². The Morgan fingerprint density at radius 2 is 2.03 bits per heavy atom. The minimum Gasteiger partial charge on any atom is -0.488 e. The maximum Gasteiger partial charge on any atom is 0.165 e. The molecule has 0 N–H and O–H groups in total. The molecule has 7 rings (SSSR count). The maximum atomic E-state index is 6.48. The molecule has 2 aliphatic rings. The second-order valence-corrected chi connectivity index (χ2v) is 11.3. The fourth-order valence-electron chi connectivity index (χ4n) is 5.17. The van der Waals surface area contributed by atoms with Crippen molar-refractivity contribution in [3.05, 3.63) is 89.3 Å². The molecule has 0 aliphatic carbocycles. The third kappa shape index (κ3) is 5.13. The molecular weight excluding hydrogens is 532 g/mol. The molecule has 0 spiro atoms. The smallest absolute Gasteiger partial charge is 0.165 e. The summed E-state index contributed by atoms with van der Waals surface area (Å²) in [7, 11) is 0. The lowest BCUT2D eigenvalue weighted by atomic mass is 10.1. The number of rotatable bonds is 6. The number of hydrogen-bond acceptors (Lipinski definition) is 7. The van der Waals surface area contributed by atoms with Gasteiger partial charge in [0.2, 0.25) is 0 Å². The van der Waals surface area contributed by atoms with Crippen LogP contribution in [-0.2, 0) is 17.8 Å². The zero-order valence-corrected chi connectivity index (χ0v) is 22.8. The number of hydrogen-bond donors (Lipinski definition) is 0. The average Bonchev–Trinajstić information content (AvgIpc) is 3.69. The summed E-state index contributed by atoms with van der Waals surface area (Å²) < 4.78 is 21.7. The zero-order chi connectivity index (χ0) is 26.2. The van der Waals surface area contributed by atoms with Gasteiger partial charge in [-0.2, -0.15) is 0 Å². The SMILES string of the molecule is Clc1ccc(-n2cccc2CN2CCOc3c(cc(-c4nc5ccccc5s4)cc3OC3CCOC3)C2)nc1. The zero-order valence-electron chi connectivity index (χ0n) is 21.3. The van der Waals surface area contributed by atoms with Crippen molar-refractivity contribution in [3.63, 3.8) is 0 Å². The molecule has 5 heterocycles. The molecule has 2 aromatic carbocycles. The first-order chi connectivity index (χ1) is 19.2. The Hall–Kier alpha value is -3.43. The van der Waals surface area contributed by atoms with E-state index < -0.39 is 0 Å². The van der Waals surface area contributed by atoms with E-state index in [0.29, 0.717) is 18.2 Å². The van der Waals surface area contributed by atoms with Crippen LogP contribution >= 0.6 is 22.9 Å².